The fraction of sp³-hybridized carbons (Fsp3) is 0.421. The van der Waals surface area contributed by atoms with Gasteiger partial charge in [0.1, 0.15) is 11.6 Å². The molecule has 1 aliphatic rings. The number of amides is 1. The van der Waals surface area contributed by atoms with Crippen molar-refractivity contribution in [1.82, 2.24) is 15.3 Å². The van der Waals surface area contributed by atoms with E-state index in [1.54, 1.807) is 6.20 Å². The van der Waals surface area contributed by atoms with E-state index in [4.69, 9.17) is 0 Å². The van der Waals surface area contributed by atoms with Gasteiger partial charge in [-0.15, -0.1) is 0 Å². The maximum absolute atomic E-state index is 12.0. The number of nitrogens with zero attached hydrogens (tertiary/aromatic N) is 3. The van der Waals surface area contributed by atoms with Crippen molar-refractivity contribution in [2.24, 2.45) is 0 Å². The minimum absolute atomic E-state index is 0.0340. The van der Waals surface area contributed by atoms with Gasteiger partial charge in [0.25, 0.3) is 0 Å². The second kappa shape index (κ2) is 7.90. The summed E-state index contributed by atoms with van der Waals surface area (Å²) in [5.74, 6) is 1.67. The predicted octanol–water partition coefficient (Wildman–Crippen LogP) is 2.63. The van der Waals surface area contributed by atoms with Gasteiger partial charge in [-0.1, -0.05) is 29.8 Å². The summed E-state index contributed by atoms with van der Waals surface area (Å²) in [6, 6.07) is 10.2. The standard InChI is InChI=1S/C19H24N4O/c1-15-5-4-6-16(13-15)7-8-19(24)21-14-17-20-10-9-18(22-17)23-11-2-3-12-23/h4-6,9-10,13H,2-3,7-8,11-12,14H2,1H3,(H,21,24). The van der Waals surface area contributed by atoms with E-state index in [9.17, 15) is 4.79 Å². The molecule has 2 heterocycles. The third-order valence-electron chi connectivity index (χ3n) is 4.29. The molecule has 1 aromatic heterocycles. The van der Waals surface area contributed by atoms with Crippen molar-refractivity contribution in [2.75, 3.05) is 18.0 Å². The van der Waals surface area contributed by atoms with Crippen LogP contribution < -0.4 is 10.2 Å². The number of nitrogens with one attached hydrogen (secondary N) is 1. The zero-order valence-electron chi connectivity index (χ0n) is 14.2. The highest BCUT2D eigenvalue weighted by molar-refractivity contribution is 5.76. The molecular formula is C19H24N4O. The van der Waals surface area contributed by atoms with Crippen LogP contribution in [0.2, 0.25) is 0 Å². The summed E-state index contributed by atoms with van der Waals surface area (Å²) in [5.41, 5.74) is 2.41. The molecule has 3 rings (SSSR count). The molecule has 0 aliphatic carbocycles. The fourth-order valence-corrected chi connectivity index (χ4v) is 2.99. The highest BCUT2D eigenvalue weighted by Gasteiger charge is 2.14. The Labute approximate surface area is 143 Å². The summed E-state index contributed by atoms with van der Waals surface area (Å²) in [5, 5.41) is 2.92. The van der Waals surface area contributed by atoms with Crippen molar-refractivity contribution >= 4 is 11.7 Å². The molecule has 0 radical (unpaired) electrons. The molecule has 126 valence electrons. The minimum atomic E-state index is 0.0340. The topological polar surface area (TPSA) is 58.1 Å². The number of benzene rings is 1. The van der Waals surface area contributed by atoms with Gasteiger partial charge in [-0.2, -0.15) is 0 Å². The van der Waals surface area contributed by atoms with Crippen molar-refractivity contribution in [1.29, 1.82) is 0 Å². The second-order valence-corrected chi connectivity index (χ2v) is 6.29. The molecule has 0 unspecified atom stereocenters. The van der Waals surface area contributed by atoms with Gasteiger partial charge in [0.05, 0.1) is 6.54 Å². The van der Waals surface area contributed by atoms with Crippen LogP contribution in [0.5, 0.6) is 0 Å². The molecule has 0 atom stereocenters. The van der Waals surface area contributed by atoms with Crippen LogP contribution in [-0.4, -0.2) is 29.0 Å². The van der Waals surface area contributed by atoms with Crippen molar-refractivity contribution in [3.8, 4) is 0 Å². The molecule has 1 N–H and O–H groups in total. The first-order valence-corrected chi connectivity index (χ1v) is 8.60. The van der Waals surface area contributed by atoms with E-state index < -0.39 is 0 Å². The molecular weight excluding hydrogens is 300 g/mol. The van der Waals surface area contributed by atoms with Crippen LogP contribution in [-0.2, 0) is 17.8 Å². The van der Waals surface area contributed by atoms with Crippen LogP contribution in [0.4, 0.5) is 5.82 Å². The van der Waals surface area contributed by atoms with Crippen molar-refractivity contribution in [3.05, 3.63) is 53.5 Å². The number of carbonyl (C=O) groups is 1. The van der Waals surface area contributed by atoms with Crippen LogP contribution in [0.15, 0.2) is 36.5 Å². The van der Waals surface area contributed by atoms with Crippen LogP contribution in [0, 0.1) is 6.92 Å². The average molecular weight is 324 g/mol. The number of carbonyl (C=O) groups excluding carboxylic acids is 1. The van der Waals surface area contributed by atoms with Gasteiger partial charge in [0.2, 0.25) is 5.91 Å². The Balaban J connectivity index is 1.48. The van der Waals surface area contributed by atoms with Gasteiger partial charge in [0.15, 0.2) is 0 Å². The van der Waals surface area contributed by atoms with Crippen LogP contribution in [0.25, 0.3) is 0 Å². The Bertz CT molecular complexity index is 695. The zero-order chi connectivity index (χ0) is 16.8. The molecule has 0 bridgehead atoms. The van der Waals surface area contributed by atoms with Gasteiger partial charge in [-0.05, 0) is 37.8 Å². The summed E-state index contributed by atoms with van der Waals surface area (Å²) < 4.78 is 0. The Kier molecular flexibility index (Phi) is 5.41. The summed E-state index contributed by atoms with van der Waals surface area (Å²) >= 11 is 0. The van der Waals surface area contributed by atoms with Gasteiger partial charge in [-0.25, -0.2) is 9.97 Å². The molecule has 5 nitrogen and oxygen atoms in total. The van der Waals surface area contributed by atoms with E-state index in [1.165, 1.54) is 24.0 Å². The monoisotopic (exact) mass is 324 g/mol. The Morgan fingerprint density at radius 3 is 2.88 bits per heavy atom. The van der Waals surface area contributed by atoms with Crippen molar-refractivity contribution < 1.29 is 4.79 Å². The summed E-state index contributed by atoms with van der Waals surface area (Å²) in [6.07, 6.45) is 5.44. The lowest BCUT2D eigenvalue weighted by atomic mass is 10.1. The lowest BCUT2D eigenvalue weighted by Crippen LogP contribution is -2.25. The highest BCUT2D eigenvalue weighted by Crippen LogP contribution is 2.16. The van der Waals surface area contributed by atoms with Gasteiger partial charge in [-0.3, -0.25) is 4.79 Å². The first kappa shape index (κ1) is 16.4. The van der Waals surface area contributed by atoms with Crippen LogP contribution in [0.3, 0.4) is 0 Å². The quantitative estimate of drug-likeness (QED) is 0.887. The van der Waals surface area contributed by atoms with Crippen LogP contribution >= 0.6 is 0 Å². The summed E-state index contributed by atoms with van der Waals surface area (Å²) in [6.45, 7) is 4.56. The van der Waals surface area contributed by atoms with E-state index in [0.29, 0.717) is 18.8 Å². The smallest absolute Gasteiger partial charge is 0.220 e. The maximum Gasteiger partial charge on any atom is 0.220 e. The number of hydrogen-bond acceptors (Lipinski definition) is 4. The Morgan fingerprint density at radius 2 is 2.08 bits per heavy atom. The van der Waals surface area contributed by atoms with E-state index in [-0.39, 0.29) is 5.91 Å². The normalized spacial score (nSPS) is 14.0. The number of anilines is 1. The Morgan fingerprint density at radius 1 is 1.25 bits per heavy atom. The number of hydrogen-bond donors (Lipinski definition) is 1. The van der Waals surface area contributed by atoms with Gasteiger partial charge >= 0.3 is 0 Å². The number of aryl methyl sites for hydroxylation is 2. The molecule has 1 aromatic carbocycles. The third kappa shape index (κ3) is 4.54. The van der Waals surface area contributed by atoms with E-state index in [1.807, 2.05) is 12.1 Å². The minimum Gasteiger partial charge on any atom is -0.357 e. The molecule has 1 aliphatic heterocycles. The fourth-order valence-electron chi connectivity index (χ4n) is 2.99. The van der Waals surface area contributed by atoms with E-state index in [0.717, 1.165) is 25.3 Å². The predicted molar refractivity (Wildman–Crippen MR) is 94.8 cm³/mol. The Hall–Kier alpha value is -2.43. The second-order valence-electron chi connectivity index (χ2n) is 6.29. The van der Waals surface area contributed by atoms with Crippen molar-refractivity contribution in [2.45, 2.75) is 39.2 Å². The largest absolute Gasteiger partial charge is 0.357 e. The summed E-state index contributed by atoms with van der Waals surface area (Å²) in [4.78, 5) is 23.1. The van der Waals surface area contributed by atoms with E-state index in [2.05, 4.69) is 45.3 Å². The molecule has 24 heavy (non-hydrogen) atoms. The summed E-state index contributed by atoms with van der Waals surface area (Å²) in [7, 11) is 0. The number of aromatic nitrogens is 2. The molecule has 0 saturated carbocycles. The zero-order valence-corrected chi connectivity index (χ0v) is 14.2. The maximum atomic E-state index is 12.0. The van der Waals surface area contributed by atoms with Crippen molar-refractivity contribution in [3.63, 3.8) is 0 Å². The molecule has 1 saturated heterocycles. The first-order valence-electron chi connectivity index (χ1n) is 8.60. The molecule has 1 fully saturated rings. The van der Waals surface area contributed by atoms with Gasteiger partial charge < -0.3 is 10.2 Å². The molecule has 5 heteroatoms. The highest BCUT2D eigenvalue weighted by atomic mass is 16.1. The van der Waals surface area contributed by atoms with E-state index >= 15 is 0 Å². The third-order valence-corrected chi connectivity index (χ3v) is 4.29. The van der Waals surface area contributed by atoms with Gasteiger partial charge in [0, 0.05) is 25.7 Å². The number of rotatable bonds is 6. The van der Waals surface area contributed by atoms with Crippen LogP contribution in [0.1, 0.15) is 36.2 Å². The average Bonchev–Trinajstić information content (AvgIpc) is 3.13. The molecule has 2 aromatic rings. The molecule has 0 spiro atoms. The molecule has 1 amide bonds. The SMILES string of the molecule is Cc1cccc(CCC(=O)NCc2nccc(N3CCCC3)n2)c1. The lowest BCUT2D eigenvalue weighted by molar-refractivity contribution is -0.121. The first-order chi connectivity index (χ1) is 11.7. The lowest BCUT2D eigenvalue weighted by Gasteiger charge is -2.16.